The number of carbonyl (C=O) groups is 1. The first kappa shape index (κ1) is 17.6. The first-order valence-corrected chi connectivity index (χ1v) is 6.94. The number of aromatic nitrogens is 1. The number of amides is 1. The van der Waals surface area contributed by atoms with Gasteiger partial charge in [-0.15, -0.1) is 0 Å². The summed E-state index contributed by atoms with van der Waals surface area (Å²) in [7, 11) is 1.50. The number of halogens is 3. The molecule has 0 aliphatic heterocycles. The zero-order valence-electron chi connectivity index (χ0n) is 12.8. The van der Waals surface area contributed by atoms with Crippen LogP contribution in [0.15, 0.2) is 42.6 Å². The lowest BCUT2D eigenvalue weighted by atomic mass is 10.2. The average Bonchev–Trinajstić information content (AvgIpc) is 2.58. The molecular formula is C16H15F3N2O3. The van der Waals surface area contributed by atoms with Gasteiger partial charge in [0.05, 0.1) is 12.7 Å². The number of alkyl halides is 3. The molecule has 1 amide bonds. The van der Waals surface area contributed by atoms with Crippen LogP contribution in [0.5, 0.6) is 11.6 Å². The molecule has 0 fully saturated rings. The summed E-state index contributed by atoms with van der Waals surface area (Å²) in [6.07, 6.45) is -2.84. The van der Waals surface area contributed by atoms with Gasteiger partial charge in [-0.2, -0.15) is 13.2 Å². The molecule has 0 aliphatic carbocycles. The highest BCUT2D eigenvalue weighted by Gasteiger charge is 2.30. The van der Waals surface area contributed by atoms with E-state index in [-0.39, 0.29) is 18.9 Å². The Morgan fingerprint density at radius 2 is 1.88 bits per heavy atom. The van der Waals surface area contributed by atoms with Crippen molar-refractivity contribution in [2.45, 2.75) is 12.7 Å². The number of hydrogen-bond acceptors (Lipinski definition) is 4. The van der Waals surface area contributed by atoms with Crippen molar-refractivity contribution >= 4 is 5.91 Å². The summed E-state index contributed by atoms with van der Waals surface area (Å²) in [5.74, 6) is 0.255. The molecule has 128 valence electrons. The van der Waals surface area contributed by atoms with Crippen LogP contribution in [0.2, 0.25) is 0 Å². The Kier molecular flexibility index (Phi) is 5.62. The molecule has 0 saturated carbocycles. The van der Waals surface area contributed by atoms with Crippen molar-refractivity contribution in [3.05, 3.63) is 53.7 Å². The second kappa shape index (κ2) is 7.67. The summed E-state index contributed by atoms with van der Waals surface area (Å²) in [4.78, 5) is 15.7. The first-order valence-electron chi connectivity index (χ1n) is 6.94. The van der Waals surface area contributed by atoms with E-state index in [0.29, 0.717) is 5.88 Å². The zero-order chi connectivity index (χ0) is 17.6. The molecule has 2 rings (SSSR count). The molecule has 24 heavy (non-hydrogen) atoms. The van der Waals surface area contributed by atoms with Crippen LogP contribution in [0.1, 0.15) is 11.1 Å². The Morgan fingerprint density at radius 3 is 2.42 bits per heavy atom. The van der Waals surface area contributed by atoms with Crippen molar-refractivity contribution in [2.75, 3.05) is 13.7 Å². The normalized spacial score (nSPS) is 11.0. The second-order valence-corrected chi connectivity index (χ2v) is 4.80. The second-order valence-electron chi connectivity index (χ2n) is 4.80. The first-order chi connectivity index (χ1) is 11.4. The van der Waals surface area contributed by atoms with Gasteiger partial charge in [0.25, 0.3) is 5.91 Å². The number of pyridine rings is 1. The Labute approximate surface area is 136 Å². The van der Waals surface area contributed by atoms with Crippen LogP contribution in [-0.4, -0.2) is 24.6 Å². The highest BCUT2D eigenvalue weighted by Crippen LogP contribution is 2.30. The standard InChI is InChI=1S/C16H15F3N2O3/c1-23-15-7-2-11(9-21-15)8-20-14(22)10-24-13-5-3-12(4-6-13)16(17,18)19/h2-7,9H,8,10H2,1H3,(H,20,22). The van der Waals surface area contributed by atoms with Crippen LogP contribution < -0.4 is 14.8 Å². The quantitative estimate of drug-likeness (QED) is 0.878. The lowest BCUT2D eigenvalue weighted by Gasteiger charge is -2.09. The number of methoxy groups -OCH3 is 1. The lowest BCUT2D eigenvalue weighted by molar-refractivity contribution is -0.137. The molecule has 0 atom stereocenters. The third-order valence-electron chi connectivity index (χ3n) is 3.05. The molecule has 0 aliphatic rings. The van der Waals surface area contributed by atoms with Gasteiger partial charge < -0.3 is 14.8 Å². The number of ether oxygens (including phenoxy) is 2. The Balaban J connectivity index is 1.78. The van der Waals surface area contributed by atoms with E-state index in [1.807, 2.05) is 0 Å². The summed E-state index contributed by atoms with van der Waals surface area (Å²) < 4.78 is 47.3. The van der Waals surface area contributed by atoms with E-state index in [0.717, 1.165) is 17.7 Å². The predicted molar refractivity (Wildman–Crippen MR) is 79.6 cm³/mol. The smallest absolute Gasteiger partial charge is 0.416 e. The van der Waals surface area contributed by atoms with Crippen LogP contribution >= 0.6 is 0 Å². The van der Waals surface area contributed by atoms with Crippen molar-refractivity contribution < 1.29 is 27.4 Å². The van der Waals surface area contributed by atoms with Crippen LogP contribution in [-0.2, 0) is 17.5 Å². The van der Waals surface area contributed by atoms with Gasteiger partial charge in [-0.25, -0.2) is 4.98 Å². The topological polar surface area (TPSA) is 60.5 Å². The van der Waals surface area contributed by atoms with E-state index in [4.69, 9.17) is 9.47 Å². The van der Waals surface area contributed by atoms with Gasteiger partial charge in [0.15, 0.2) is 6.61 Å². The minimum Gasteiger partial charge on any atom is -0.484 e. The summed E-state index contributed by atoms with van der Waals surface area (Å²) in [5, 5.41) is 2.62. The van der Waals surface area contributed by atoms with Crippen molar-refractivity contribution in [3.8, 4) is 11.6 Å². The summed E-state index contributed by atoms with van der Waals surface area (Å²) in [6.45, 7) is -0.0405. The molecule has 8 heteroatoms. The number of nitrogens with one attached hydrogen (secondary N) is 1. The van der Waals surface area contributed by atoms with Crippen LogP contribution in [0.3, 0.4) is 0 Å². The Morgan fingerprint density at radius 1 is 1.17 bits per heavy atom. The van der Waals surface area contributed by atoms with Gasteiger partial charge in [-0.05, 0) is 29.8 Å². The minimum atomic E-state index is -4.40. The van der Waals surface area contributed by atoms with Crippen molar-refractivity contribution in [3.63, 3.8) is 0 Å². The Hall–Kier alpha value is -2.77. The van der Waals surface area contributed by atoms with E-state index in [1.54, 1.807) is 18.3 Å². The number of rotatable bonds is 6. The fourth-order valence-corrected chi connectivity index (χ4v) is 1.78. The third-order valence-corrected chi connectivity index (χ3v) is 3.05. The number of carbonyl (C=O) groups excluding carboxylic acids is 1. The van der Waals surface area contributed by atoms with Crippen LogP contribution in [0.4, 0.5) is 13.2 Å². The fourth-order valence-electron chi connectivity index (χ4n) is 1.78. The molecule has 0 spiro atoms. The Bertz CT molecular complexity index is 670. The molecular weight excluding hydrogens is 325 g/mol. The van der Waals surface area contributed by atoms with E-state index >= 15 is 0 Å². The maximum atomic E-state index is 12.4. The molecule has 1 aromatic carbocycles. The van der Waals surface area contributed by atoms with Crippen molar-refractivity contribution in [1.29, 1.82) is 0 Å². The van der Waals surface area contributed by atoms with Gasteiger partial charge in [0.1, 0.15) is 5.75 Å². The number of hydrogen-bond donors (Lipinski definition) is 1. The van der Waals surface area contributed by atoms with E-state index in [9.17, 15) is 18.0 Å². The lowest BCUT2D eigenvalue weighted by Crippen LogP contribution is -2.28. The maximum Gasteiger partial charge on any atom is 0.416 e. The summed E-state index contributed by atoms with van der Waals surface area (Å²) >= 11 is 0. The van der Waals surface area contributed by atoms with E-state index in [2.05, 4.69) is 10.3 Å². The predicted octanol–water partition coefficient (Wildman–Crippen LogP) is 2.80. The van der Waals surface area contributed by atoms with Gasteiger partial charge in [0, 0.05) is 18.8 Å². The van der Waals surface area contributed by atoms with Gasteiger partial charge in [-0.3, -0.25) is 4.79 Å². The van der Waals surface area contributed by atoms with E-state index in [1.165, 1.54) is 19.2 Å². The molecule has 0 radical (unpaired) electrons. The van der Waals surface area contributed by atoms with Crippen LogP contribution in [0.25, 0.3) is 0 Å². The molecule has 1 heterocycles. The van der Waals surface area contributed by atoms with Gasteiger partial charge >= 0.3 is 6.18 Å². The van der Waals surface area contributed by atoms with Crippen molar-refractivity contribution in [2.24, 2.45) is 0 Å². The average molecular weight is 340 g/mol. The van der Waals surface area contributed by atoms with Gasteiger partial charge in [0.2, 0.25) is 5.88 Å². The fraction of sp³-hybridized carbons (Fsp3) is 0.250. The molecule has 0 saturated heterocycles. The van der Waals surface area contributed by atoms with E-state index < -0.39 is 17.6 Å². The van der Waals surface area contributed by atoms with Crippen LogP contribution in [0, 0.1) is 0 Å². The SMILES string of the molecule is COc1ccc(CNC(=O)COc2ccc(C(F)(F)F)cc2)cn1. The number of nitrogens with zero attached hydrogens (tertiary/aromatic N) is 1. The third kappa shape index (κ3) is 5.15. The molecule has 0 bridgehead atoms. The zero-order valence-corrected chi connectivity index (χ0v) is 12.8. The monoisotopic (exact) mass is 340 g/mol. The molecule has 5 nitrogen and oxygen atoms in total. The maximum absolute atomic E-state index is 12.4. The van der Waals surface area contributed by atoms with Crippen molar-refractivity contribution in [1.82, 2.24) is 10.3 Å². The molecule has 2 aromatic rings. The molecule has 1 aromatic heterocycles. The summed E-state index contributed by atoms with van der Waals surface area (Å²) in [5.41, 5.74) is 0.00462. The molecule has 1 N–H and O–H groups in total. The minimum absolute atomic E-state index is 0.185. The summed E-state index contributed by atoms with van der Waals surface area (Å²) in [6, 6.07) is 7.56. The highest BCUT2D eigenvalue weighted by molar-refractivity contribution is 5.77. The largest absolute Gasteiger partial charge is 0.484 e. The molecule has 0 unspecified atom stereocenters. The van der Waals surface area contributed by atoms with Gasteiger partial charge in [-0.1, -0.05) is 6.07 Å². The number of benzene rings is 1. The highest BCUT2D eigenvalue weighted by atomic mass is 19.4.